The van der Waals surface area contributed by atoms with Crippen molar-refractivity contribution in [1.82, 2.24) is 5.32 Å². The molecule has 3 rings (SSSR count). The molecule has 0 aliphatic carbocycles. The Morgan fingerprint density at radius 1 is 0.939 bits per heavy atom. The van der Waals surface area contributed by atoms with E-state index in [1.54, 1.807) is 24.3 Å². The monoisotopic (exact) mass is 471 g/mol. The smallest absolute Gasteiger partial charge is 0.287 e. The predicted octanol–water partition coefficient (Wildman–Crippen LogP) is 4.33. The number of hydrogen-bond acceptors (Lipinski definition) is 6. The molecule has 0 atom stereocenters. The van der Waals surface area contributed by atoms with Gasteiger partial charge in [0.2, 0.25) is 0 Å². The standard InChI is InChI=1S/C25H29NO6S/c1-4-30-22-12-8-19(16-24(22)31-5-2)14-15-26-25(27)23-13-9-20(32-23)17-33(28,29)21-10-6-18(3)7-11-21/h6-13,16H,4-5,14-15,17H2,1-3H3,(H,26,27). The minimum Gasteiger partial charge on any atom is -0.490 e. The maximum atomic E-state index is 12.6. The Morgan fingerprint density at radius 3 is 2.33 bits per heavy atom. The second kappa shape index (κ2) is 11.0. The van der Waals surface area contributed by atoms with Crippen LogP contribution in [0, 0.1) is 6.92 Å². The van der Waals surface area contributed by atoms with Gasteiger partial charge in [0.05, 0.1) is 18.1 Å². The molecule has 1 heterocycles. The van der Waals surface area contributed by atoms with E-state index in [9.17, 15) is 13.2 Å². The highest BCUT2D eigenvalue weighted by molar-refractivity contribution is 7.90. The van der Waals surface area contributed by atoms with Crippen LogP contribution in [0.5, 0.6) is 11.5 Å². The van der Waals surface area contributed by atoms with E-state index in [-0.39, 0.29) is 22.2 Å². The summed E-state index contributed by atoms with van der Waals surface area (Å²) in [4.78, 5) is 12.7. The van der Waals surface area contributed by atoms with Crippen LogP contribution in [0.3, 0.4) is 0 Å². The molecular weight excluding hydrogens is 442 g/mol. The molecule has 1 aromatic heterocycles. The number of aryl methyl sites for hydroxylation is 1. The van der Waals surface area contributed by atoms with Crippen molar-refractivity contribution in [2.45, 2.75) is 37.8 Å². The zero-order chi connectivity index (χ0) is 23.8. The number of nitrogens with one attached hydrogen (secondary N) is 1. The van der Waals surface area contributed by atoms with Gasteiger partial charge in [-0.3, -0.25) is 4.79 Å². The maximum Gasteiger partial charge on any atom is 0.287 e. The average molecular weight is 472 g/mol. The molecule has 8 heteroatoms. The molecular formula is C25H29NO6S. The van der Waals surface area contributed by atoms with E-state index in [0.717, 1.165) is 11.1 Å². The number of benzene rings is 2. The van der Waals surface area contributed by atoms with E-state index in [0.29, 0.717) is 37.7 Å². The van der Waals surface area contributed by atoms with Crippen molar-refractivity contribution in [3.05, 3.63) is 77.2 Å². The van der Waals surface area contributed by atoms with Gasteiger partial charge >= 0.3 is 0 Å². The Morgan fingerprint density at radius 2 is 1.64 bits per heavy atom. The lowest BCUT2D eigenvalue weighted by atomic mass is 10.1. The molecule has 0 radical (unpaired) electrons. The minimum atomic E-state index is -3.56. The number of furan rings is 1. The van der Waals surface area contributed by atoms with Crippen LogP contribution in [0.15, 0.2) is 63.9 Å². The van der Waals surface area contributed by atoms with E-state index in [1.165, 1.54) is 12.1 Å². The summed E-state index contributed by atoms with van der Waals surface area (Å²) in [6.45, 7) is 7.18. The van der Waals surface area contributed by atoms with Crippen molar-refractivity contribution in [3.8, 4) is 11.5 Å². The van der Waals surface area contributed by atoms with Gasteiger partial charge in [0.15, 0.2) is 27.1 Å². The first-order valence-electron chi connectivity index (χ1n) is 10.9. The Hall–Kier alpha value is -3.26. The van der Waals surface area contributed by atoms with E-state index in [2.05, 4.69) is 5.32 Å². The van der Waals surface area contributed by atoms with Crippen molar-refractivity contribution in [1.29, 1.82) is 0 Å². The summed E-state index contributed by atoms with van der Waals surface area (Å²) in [6.07, 6.45) is 0.591. The van der Waals surface area contributed by atoms with Gasteiger partial charge in [-0.15, -0.1) is 0 Å². The fourth-order valence-electron chi connectivity index (χ4n) is 3.25. The summed E-state index contributed by atoms with van der Waals surface area (Å²) in [6, 6.07) is 15.3. The molecule has 3 aromatic rings. The largest absolute Gasteiger partial charge is 0.490 e. The third-order valence-corrected chi connectivity index (χ3v) is 6.56. The van der Waals surface area contributed by atoms with Gasteiger partial charge in [0, 0.05) is 6.54 Å². The normalized spacial score (nSPS) is 11.2. The second-order valence-corrected chi connectivity index (χ2v) is 9.48. The quantitative estimate of drug-likeness (QED) is 0.447. The third kappa shape index (κ3) is 6.61. The first-order chi connectivity index (χ1) is 15.8. The average Bonchev–Trinajstić information content (AvgIpc) is 3.24. The molecule has 2 aromatic carbocycles. The third-order valence-electron chi connectivity index (χ3n) is 4.90. The van der Waals surface area contributed by atoms with Crippen LogP contribution in [0.25, 0.3) is 0 Å². The molecule has 33 heavy (non-hydrogen) atoms. The number of amides is 1. The molecule has 0 aliphatic rings. The van der Waals surface area contributed by atoms with E-state index < -0.39 is 15.7 Å². The van der Waals surface area contributed by atoms with Gasteiger partial charge in [-0.2, -0.15) is 0 Å². The number of rotatable bonds is 11. The van der Waals surface area contributed by atoms with Crippen LogP contribution in [0.4, 0.5) is 0 Å². The molecule has 0 saturated heterocycles. The predicted molar refractivity (Wildman–Crippen MR) is 126 cm³/mol. The fraction of sp³-hybridized carbons (Fsp3) is 0.320. The number of sulfone groups is 1. The molecule has 0 aliphatic heterocycles. The van der Waals surface area contributed by atoms with Gasteiger partial charge in [-0.25, -0.2) is 8.42 Å². The van der Waals surface area contributed by atoms with Gasteiger partial charge in [0.25, 0.3) is 5.91 Å². The van der Waals surface area contributed by atoms with Gasteiger partial charge in [-0.05, 0) is 69.2 Å². The number of carbonyl (C=O) groups excluding carboxylic acids is 1. The van der Waals surface area contributed by atoms with Gasteiger partial charge in [-0.1, -0.05) is 23.8 Å². The molecule has 0 spiro atoms. The molecule has 176 valence electrons. The van der Waals surface area contributed by atoms with Crippen molar-refractivity contribution < 1.29 is 27.1 Å². The topological polar surface area (TPSA) is 94.8 Å². The summed E-state index contributed by atoms with van der Waals surface area (Å²) in [7, 11) is -3.56. The number of ether oxygens (including phenoxy) is 2. The van der Waals surface area contributed by atoms with Crippen LogP contribution in [0.2, 0.25) is 0 Å². The van der Waals surface area contributed by atoms with E-state index in [4.69, 9.17) is 13.9 Å². The highest BCUT2D eigenvalue weighted by atomic mass is 32.2. The zero-order valence-electron chi connectivity index (χ0n) is 19.1. The van der Waals surface area contributed by atoms with Crippen molar-refractivity contribution in [2.75, 3.05) is 19.8 Å². The Labute approximate surface area is 194 Å². The first-order valence-corrected chi connectivity index (χ1v) is 12.5. The lowest BCUT2D eigenvalue weighted by Crippen LogP contribution is -2.25. The molecule has 0 fully saturated rings. The Bertz CT molecular complexity index is 1180. The summed E-state index contributed by atoms with van der Waals surface area (Å²) in [5.74, 6) is 0.948. The van der Waals surface area contributed by atoms with E-state index in [1.807, 2.05) is 39.0 Å². The highest BCUT2D eigenvalue weighted by Gasteiger charge is 2.19. The number of carbonyl (C=O) groups is 1. The lowest BCUT2D eigenvalue weighted by Gasteiger charge is -2.12. The molecule has 1 N–H and O–H groups in total. The lowest BCUT2D eigenvalue weighted by molar-refractivity contribution is 0.0925. The second-order valence-electron chi connectivity index (χ2n) is 7.49. The molecule has 0 unspecified atom stereocenters. The molecule has 1 amide bonds. The Kier molecular flexibility index (Phi) is 8.16. The summed E-state index contributed by atoms with van der Waals surface area (Å²) in [5.41, 5.74) is 1.97. The van der Waals surface area contributed by atoms with Crippen LogP contribution in [-0.4, -0.2) is 34.1 Å². The van der Waals surface area contributed by atoms with Crippen molar-refractivity contribution in [3.63, 3.8) is 0 Å². The van der Waals surface area contributed by atoms with Gasteiger partial charge in [0.1, 0.15) is 11.5 Å². The number of hydrogen-bond donors (Lipinski definition) is 1. The fourth-order valence-corrected chi connectivity index (χ4v) is 4.50. The van der Waals surface area contributed by atoms with Crippen molar-refractivity contribution in [2.24, 2.45) is 0 Å². The maximum absolute atomic E-state index is 12.6. The summed E-state index contributed by atoms with van der Waals surface area (Å²) >= 11 is 0. The molecule has 0 bridgehead atoms. The highest BCUT2D eigenvalue weighted by Crippen LogP contribution is 2.28. The van der Waals surface area contributed by atoms with E-state index >= 15 is 0 Å². The van der Waals surface area contributed by atoms with Crippen LogP contribution in [0.1, 0.15) is 41.3 Å². The molecule has 7 nitrogen and oxygen atoms in total. The minimum absolute atomic E-state index is 0.0748. The van der Waals surface area contributed by atoms with Gasteiger partial charge < -0.3 is 19.2 Å². The van der Waals surface area contributed by atoms with Crippen LogP contribution >= 0.6 is 0 Å². The zero-order valence-corrected chi connectivity index (χ0v) is 19.9. The summed E-state index contributed by atoms with van der Waals surface area (Å²) < 4.78 is 41.9. The Balaban J connectivity index is 1.57. The molecule has 0 saturated carbocycles. The summed E-state index contributed by atoms with van der Waals surface area (Å²) in [5, 5.41) is 2.80. The van der Waals surface area contributed by atoms with Crippen molar-refractivity contribution >= 4 is 15.7 Å². The first kappa shape index (κ1) is 24.4. The van der Waals surface area contributed by atoms with Crippen LogP contribution < -0.4 is 14.8 Å². The SMILES string of the molecule is CCOc1ccc(CCNC(=O)c2ccc(CS(=O)(=O)c3ccc(C)cc3)o2)cc1OCC. The van der Waals surface area contributed by atoms with Crippen LogP contribution in [-0.2, 0) is 22.0 Å².